The molecule has 0 unspecified atom stereocenters. The van der Waals surface area contributed by atoms with Crippen molar-refractivity contribution in [2.24, 2.45) is 0 Å². The molecule has 1 saturated carbocycles. The van der Waals surface area contributed by atoms with E-state index in [0.717, 1.165) is 51.2 Å². The fraction of sp³-hybridized carbons (Fsp3) is 0.733. The van der Waals surface area contributed by atoms with E-state index >= 15 is 0 Å². The van der Waals surface area contributed by atoms with Gasteiger partial charge in [0.1, 0.15) is 5.76 Å². The molecule has 4 heteroatoms. The van der Waals surface area contributed by atoms with E-state index < -0.39 is 0 Å². The molecule has 1 heterocycles. The fourth-order valence-electron chi connectivity index (χ4n) is 2.10. The Morgan fingerprint density at radius 2 is 2.26 bits per heavy atom. The first-order chi connectivity index (χ1) is 9.33. The Bertz CT molecular complexity index is 361. The minimum absolute atomic E-state index is 0.739. The van der Waals surface area contributed by atoms with Gasteiger partial charge in [0.05, 0.1) is 19.4 Å². The van der Waals surface area contributed by atoms with Crippen molar-refractivity contribution in [3.63, 3.8) is 0 Å². The number of hydrogen-bond donors (Lipinski definition) is 1. The number of ether oxygens (including phenoxy) is 1. The van der Waals surface area contributed by atoms with Crippen LogP contribution in [0, 0.1) is 0 Å². The van der Waals surface area contributed by atoms with Crippen molar-refractivity contribution < 1.29 is 9.15 Å². The quantitative estimate of drug-likeness (QED) is 0.660. The van der Waals surface area contributed by atoms with Gasteiger partial charge in [0.2, 0.25) is 0 Å². The largest absolute Gasteiger partial charge is 0.468 e. The van der Waals surface area contributed by atoms with Crippen LogP contribution in [-0.2, 0) is 17.8 Å². The van der Waals surface area contributed by atoms with Crippen molar-refractivity contribution in [2.75, 3.05) is 26.3 Å². The molecule has 0 aromatic carbocycles. The molecule has 108 valence electrons. The van der Waals surface area contributed by atoms with Crippen molar-refractivity contribution in [3.05, 3.63) is 23.7 Å². The maximum absolute atomic E-state index is 5.63. The predicted octanol–water partition coefficient (Wildman–Crippen LogP) is 2.39. The fourth-order valence-corrected chi connectivity index (χ4v) is 2.10. The van der Waals surface area contributed by atoms with Crippen molar-refractivity contribution in [3.8, 4) is 0 Å². The van der Waals surface area contributed by atoms with Gasteiger partial charge in [-0.2, -0.15) is 0 Å². The van der Waals surface area contributed by atoms with Crippen LogP contribution in [0.4, 0.5) is 0 Å². The summed E-state index contributed by atoms with van der Waals surface area (Å²) in [6, 6.07) is 2.82. The zero-order valence-electron chi connectivity index (χ0n) is 12.2. The van der Waals surface area contributed by atoms with E-state index in [2.05, 4.69) is 23.2 Å². The minimum atomic E-state index is 0.739. The monoisotopic (exact) mass is 266 g/mol. The summed E-state index contributed by atoms with van der Waals surface area (Å²) < 4.78 is 11.1. The van der Waals surface area contributed by atoms with Crippen LogP contribution in [0.2, 0.25) is 0 Å². The van der Waals surface area contributed by atoms with E-state index in [1.807, 2.05) is 6.92 Å². The van der Waals surface area contributed by atoms with E-state index in [1.54, 1.807) is 6.26 Å². The first-order valence-corrected chi connectivity index (χ1v) is 7.42. The summed E-state index contributed by atoms with van der Waals surface area (Å²) in [7, 11) is 0. The molecule has 0 aliphatic heterocycles. The Labute approximate surface area is 116 Å². The molecule has 1 aromatic rings. The summed E-state index contributed by atoms with van der Waals surface area (Å²) >= 11 is 0. The summed E-state index contributed by atoms with van der Waals surface area (Å²) in [5, 5.41) is 3.54. The smallest absolute Gasteiger partial charge is 0.122 e. The lowest BCUT2D eigenvalue weighted by molar-refractivity contribution is 0.110. The van der Waals surface area contributed by atoms with Gasteiger partial charge in [0.15, 0.2) is 0 Å². The normalized spacial score (nSPS) is 15.3. The Hall–Kier alpha value is -0.840. The summed E-state index contributed by atoms with van der Waals surface area (Å²) in [6.45, 7) is 9.57. The lowest BCUT2D eigenvalue weighted by Crippen LogP contribution is -2.27. The number of furan rings is 1. The topological polar surface area (TPSA) is 37.6 Å². The third kappa shape index (κ3) is 4.97. The molecule has 0 saturated heterocycles. The summed E-state index contributed by atoms with van der Waals surface area (Å²) in [4.78, 5) is 2.36. The summed E-state index contributed by atoms with van der Waals surface area (Å²) in [5.41, 5.74) is 1.29. The Morgan fingerprint density at radius 3 is 2.95 bits per heavy atom. The lowest BCUT2D eigenvalue weighted by atomic mass is 10.2. The second-order valence-electron chi connectivity index (χ2n) is 5.09. The maximum Gasteiger partial charge on any atom is 0.122 e. The third-order valence-electron chi connectivity index (χ3n) is 3.57. The molecule has 1 fully saturated rings. The summed E-state index contributed by atoms with van der Waals surface area (Å²) in [6.07, 6.45) is 4.45. The van der Waals surface area contributed by atoms with E-state index in [9.17, 15) is 0 Å². The van der Waals surface area contributed by atoms with Gasteiger partial charge in [0, 0.05) is 31.3 Å². The third-order valence-corrected chi connectivity index (χ3v) is 3.57. The standard InChI is InChI=1S/C15H26N2O2/c1-3-17(8-10-18-4-2)12-15-13(7-9-19-15)11-16-14-5-6-14/h7,9,14,16H,3-6,8,10-12H2,1-2H3. The highest BCUT2D eigenvalue weighted by Gasteiger charge is 2.21. The van der Waals surface area contributed by atoms with Gasteiger partial charge in [-0.3, -0.25) is 4.90 Å². The molecule has 0 atom stereocenters. The van der Waals surface area contributed by atoms with Gasteiger partial charge < -0.3 is 14.5 Å². The van der Waals surface area contributed by atoms with Gasteiger partial charge in [-0.1, -0.05) is 6.92 Å². The molecule has 0 spiro atoms. The van der Waals surface area contributed by atoms with E-state index in [0.29, 0.717) is 0 Å². The molecule has 19 heavy (non-hydrogen) atoms. The number of rotatable bonds is 10. The molecule has 2 rings (SSSR count). The van der Waals surface area contributed by atoms with Crippen LogP contribution < -0.4 is 5.32 Å². The molecular formula is C15H26N2O2. The Morgan fingerprint density at radius 1 is 1.42 bits per heavy atom. The molecule has 1 aliphatic carbocycles. The first kappa shape index (κ1) is 14.6. The van der Waals surface area contributed by atoms with Crippen molar-refractivity contribution in [1.82, 2.24) is 10.2 Å². The van der Waals surface area contributed by atoms with Crippen LogP contribution in [0.5, 0.6) is 0 Å². The van der Waals surface area contributed by atoms with Crippen LogP contribution in [-0.4, -0.2) is 37.2 Å². The maximum atomic E-state index is 5.63. The highest BCUT2D eigenvalue weighted by molar-refractivity contribution is 5.17. The van der Waals surface area contributed by atoms with Crippen LogP contribution in [0.1, 0.15) is 38.0 Å². The van der Waals surface area contributed by atoms with Gasteiger partial charge in [-0.15, -0.1) is 0 Å². The average molecular weight is 266 g/mol. The van der Waals surface area contributed by atoms with Crippen LogP contribution in [0.25, 0.3) is 0 Å². The zero-order chi connectivity index (χ0) is 13.5. The van der Waals surface area contributed by atoms with Gasteiger partial charge >= 0.3 is 0 Å². The lowest BCUT2D eigenvalue weighted by Gasteiger charge is -2.19. The molecule has 0 radical (unpaired) electrons. The van der Waals surface area contributed by atoms with Crippen LogP contribution in [0.15, 0.2) is 16.7 Å². The van der Waals surface area contributed by atoms with Crippen LogP contribution in [0.3, 0.4) is 0 Å². The predicted molar refractivity (Wildman–Crippen MR) is 76.0 cm³/mol. The molecule has 0 bridgehead atoms. The van der Waals surface area contributed by atoms with E-state index in [-0.39, 0.29) is 0 Å². The zero-order valence-corrected chi connectivity index (χ0v) is 12.2. The summed E-state index contributed by atoms with van der Waals surface area (Å²) in [5.74, 6) is 1.09. The van der Waals surface area contributed by atoms with Gasteiger partial charge in [0.25, 0.3) is 0 Å². The molecule has 1 aliphatic rings. The van der Waals surface area contributed by atoms with E-state index in [1.165, 1.54) is 18.4 Å². The van der Waals surface area contributed by atoms with Gasteiger partial charge in [-0.25, -0.2) is 0 Å². The number of nitrogens with one attached hydrogen (secondary N) is 1. The van der Waals surface area contributed by atoms with Crippen molar-refractivity contribution >= 4 is 0 Å². The highest BCUT2D eigenvalue weighted by atomic mass is 16.5. The number of hydrogen-bond acceptors (Lipinski definition) is 4. The minimum Gasteiger partial charge on any atom is -0.468 e. The molecule has 1 N–H and O–H groups in total. The van der Waals surface area contributed by atoms with E-state index in [4.69, 9.17) is 9.15 Å². The Balaban J connectivity index is 1.79. The van der Waals surface area contributed by atoms with Crippen molar-refractivity contribution in [1.29, 1.82) is 0 Å². The van der Waals surface area contributed by atoms with Crippen molar-refractivity contribution in [2.45, 2.75) is 45.8 Å². The number of likely N-dealkylation sites (N-methyl/N-ethyl adjacent to an activating group) is 1. The molecule has 4 nitrogen and oxygen atoms in total. The Kier molecular flexibility index (Phi) is 5.89. The highest BCUT2D eigenvalue weighted by Crippen LogP contribution is 2.20. The second kappa shape index (κ2) is 7.68. The average Bonchev–Trinajstić information content (AvgIpc) is 3.15. The van der Waals surface area contributed by atoms with Crippen LogP contribution >= 0.6 is 0 Å². The molecule has 1 aromatic heterocycles. The molecule has 0 amide bonds. The SMILES string of the molecule is CCOCCN(CC)Cc1occc1CNC1CC1. The van der Waals surface area contributed by atoms with Gasteiger partial charge in [-0.05, 0) is 32.4 Å². The number of nitrogens with zero attached hydrogens (tertiary/aromatic N) is 1. The molecular weight excluding hydrogens is 240 g/mol. The second-order valence-corrected chi connectivity index (χ2v) is 5.09. The first-order valence-electron chi connectivity index (χ1n) is 7.42.